The van der Waals surface area contributed by atoms with Crippen LogP contribution in [0.2, 0.25) is 10.0 Å². The summed E-state index contributed by atoms with van der Waals surface area (Å²) in [5.74, 6) is 0.915. The number of hydrogen-bond acceptors (Lipinski definition) is 6. The van der Waals surface area contributed by atoms with Gasteiger partial charge in [0.2, 0.25) is 5.95 Å². The zero-order chi connectivity index (χ0) is 29.0. The van der Waals surface area contributed by atoms with Crippen molar-refractivity contribution in [2.45, 2.75) is 122 Å². The van der Waals surface area contributed by atoms with Gasteiger partial charge in [0.15, 0.2) is 0 Å². The fraction of sp³-hybridized carbons (Fsp3) is 0.613. The Bertz CT molecular complexity index is 1150. The summed E-state index contributed by atoms with van der Waals surface area (Å²) in [7, 11) is 0. The normalized spacial score (nSPS) is 25.1. The molecule has 0 saturated carbocycles. The summed E-state index contributed by atoms with van der Waals surface area (Å²) >= 11 is 12.8. The second kappa shape index (κ2) is 13.1. The summed E-state index contributed by atoms with van der Waals surface area (Å²) in [6, 6.07) is 6.22. The molecule has 1 amide bonds. The first-order valence-corrected chi connectivity index (χ1v) is 15.3. The Morgan fingerprint density at radius 1 is 1.02 bits per heavy atom. The van der Waals surface area contributed by atoms with Crippen molar-refractivity contribution in [2.75, 3.05) is 4.90 Å². The van der Waals surface area contributed by atoms with Gasteiger partial charge in [-0.1, -0.05) is 37.0 Å². The number of benzene rings is 1. The third-order valence-electron chi connectivity index (χ3n) is 7.90. The minimum Gasteiger partial charge on any atom is -0.444 e. The van der Waals surface area contributed by atoms with Crippen LogP contribution in [-0.2, 0) is 11.3 Å². The van der Waals surface area contributed by atoms with Crippen molar-refractivity contribution in [3.8, 4) is 0 Å². The van der Waals surface area contributed by atoms with E-state index in [-0.39, 0.29) is 30.1 Å². The van der Waals surface area contributed by atoms with E-state index in [4.69, 9.17) is 37.9 Å². The highest BCUT2D eigenvalue weighted by molar-refractivity contribution is 6.34. The van der Waals surface area contributed by atoms with Crippen LogP contribution in [0.15, 0.2) is 35.6 Å². The zero-order valence-corrected chi connectivity index (χ0v) is 26.1. The topological polar surface area (TPSA) is 70.9 Å². The van der Waals surface area contributed by atoms with E-state index in [1.165, 1.54) is 0 Å². The first kappa shape index (κ1) is 30.6. The lowest BCUT2D eigenvalue weighted by Crippen LogP contribution is -2.57. The van der Waals surface area contributed by atoms with E-state index >= 15 is 0 Å². The monoisotopic (exact) mass is 587 g/mol. The third-order valence-corrected chi connectivity index (χ3v) is 8.33. The number of aromatic nitrogens is 2. The number of anilines is 1. The second-order valence-corrected chi connectivity index (χ2v) is 13.1. The molecule has 5 atom stereocenters. The van der Waals surface area contributed by atoms with Crippen molar-refractivity contribution in [1.82, 2.24) is 14.9 Å². The average Bonchev–Trinajstić information content (AvgIpc) is 2.90. The molecule has 0 spiro atoms. The van der Waals surface area contributed by atoms with Crippen molar-refractivity contribution in [3.63, 3.8) is 0 Å². The van der Waals surface area contributed by atoms with E-state index in [1.54, 1.807) is 6.07 Å². The molecule has 1 aromatic heterocycles. The van der Waals surface area contributed by atoms with Crippen LogP contribution < -0.4 is 4.90 Å². The van der Waals surface area contributed by atoms with Gasteiger partial charge in [0.25, 0.3) is 0 Å². The number of amides is 1. The Morgan fingerprint density at radius 3 is 2.12 bits per heavy atom. The molecule has 0 bridgehead atoms. The van der Waals surface area contributed by atoms with Crippen molar-refractivity contribution in [3.05, 3.63) is 51.8 Å². The fourth-order valence-electron chi connectivity index (χ4n) is 5.85. The Morgan fingerprint density at radius 2 is 1.62 bits per heavy atom. The van der Waals surface area contributed by atoms with Crippen LogP contribution in [0.5, 0.6) is 0 Å². The number of likely N-dealkylation sites (tertiary alicyclic amines) is 1. The molecule has 4 rings (SSSR count). The van der Waals surface area contributed by atoms with Crippen molar-refractivity contribution in [1.29, 1.82) is 0 Å². The standard InChI is InChI=1S/C31H43Cl2N5O2/c1-7-26-14-28(15-27(8-2)38(26)30(39)40-31(4,5)6)37(19-21-11-24(32)13-25(33)12-21)29-35-17-23(18-36-29)22-10-9-20(3)34-16-22/h11-13,16-18,20,22,26-28H,7-10,14-15,19H2,1-6H3/t20?,22?,26-,27+,28?. The average molecular weight is 589 g/mol. The highest BCUT2D eigenvalue weighted by Gasteiger charge is 2.41. The maximum absolute atomic E-state index is 13.3. The molecule has 0 aliphatic carbocycles. The van der Waals surface area contributed by atoms with E-state index in [9.17, 15) is 4.79 Å². The Balaban J connectivity index is 1.65. The molecule has 2 aromatic rings. The van der Waals surface area contributed by atoms with E-state index in [0.29, 0.717) is 28.6 Å². The number of rotatable bonds is 7. The van der Waals surface area contributed by atoms with Gasteiger partial charge in [-0.05, 0) is 95.5 Å². The van der Waals surface area contributed by atoms with Crippen molar-refractivity contribution in [2.24, 2.45) is 4.99 Å². The van der Waals surface area contributed by atoms with E-state index in [1.807, 2.05) is 56.4 Å². The lowest BCUT2D eigenvalue weighted by atomic mass is 9.87. The largest absolute Gasteiger partial charge is 0.444 e. The SMILES string of the molecule is CC[C@@H]1CC(N(Cc2cc(Cl)cc(Cl)c2)c2ncc(C3C=NC(C)CC3)cn2)C[C@H](CC)N1C(=O)OC(C)(C)C. The van der Waals surface area contributed by atoms with Crippen LogP contribution in [0.25, 0.3) is 0 Å². The van der Waals surface area contributed by atoms with Crippen LogP contribution in [0.4, 0.5) is 10.7 Å². The number of aliphatic imine (C=N–C) groups is 1. The summed E-state index contributed by atoms with van der Waals surface area (Å²) < 4.78 is 5.83. The molecule has 0 N–H and O–H groups in total. The van der Waals surface area contributed by atoms with Crippen LogP contribution in [0, 0.1) is 0 Å². The number of hydrogen-bond donors (Lipinski definition) is 0. The van der Waals surface area contributed by atoms with Gasteiger partial charge in [-0.3, -0.25) is 4.99 Å². The molecule has 3 unspecified atom stereocenters. The van der Waals surface area contributed by atoms with E-state index in [0.717, 1.165) is 49.7 Å². The van der Waals surface area contributed by atoms with Gasteiger partial charge < -0.3 is 14.5 Å². The molecule has 1 fully saturated rings. The molecule has 3 heterocycles. The molecular weight excluding hydrogens is 545 g/mol. The highest BCUT2D eigenvalue weighted by atomic mass is 35.5. The Kier molecular flexibility index (Phi) is 9.99. The first-order chi connectivity index (χ1) is 19.0. The van der Waals surface area contributed by atoms with Gasteiger partial charge in [-0.15, -0.1) is 0 Å². The molecule has 40 heavy (non-hydrogen) atoms. The molecule has 7 nitrogen and oxygen atoms in total. The predicted octanol–water partition coefficient (Wildman–Crippen LogP) is 8.08. The molecular formula is C31H43Cl2N5O2. The van der Waals surface area contributed by atoms with Gasteiger partial charge in [-0.2, -0.15) is 0 Å². The zero-order valence-electron chi connectivity index (χ0n) is 24.6. The summed E-state index contributed by atoms with van der Waals surface area (Å²) in [4.78, 5) is 31.9. The van der Waals surface area contributed by atoms with Crippen LogP contribution in [0.3, 0.4) is 0 Å². The van der Waals surface area contributed by atoms with Crippen LogP contribution in [0.1, 0.15) is 97.1 Å². The summed E-state index contributed by atoms with van der Waals surface area (Å²) in [6.07, 6.45) is 11.1. The summed E-state index contributed by atoms with van der Waals surface area (Å²) in [6.45, 7) is 12.7. The van der Waals surface area contributed by atoms with E-state index < -0.39 is 5.60 Å². The third kappa shape index (κ3) is 7.67. The Labute approximate surface area is 249 Å². The molecule has 1 saturated heterocycles. The molecule has 9 heteroatoms. The van der Waals surface area contributed by atoms with Crippen molar-refractivity contribution >= 4 is 41.5 Å². The number of ether oxygens (including phenoxy) is 1. The fourth-order valence-corrected chi connectivity index (χ4v) is 6.42. The predicted molar refractivity (Wildman–Crippen MR) is 164 cm³/mol. The highest BCUT2D eigenvalue weighted by Crippen LogP contribution is 2.35. The number of carbonyl (C=O) groups excluding carboxylic acids is 1. The molecule has 1 aromatic carbocycles. The van der Waals surface area contributed by atoms with Gasteiger partial charge >= 0.3 is 6.09 Å². The van der Waals surface area contributed by atoms with Crippen LogP contribution in [-0.4, -0.2) is 56.9 Å². The van der Waals surface area contributed by atoms with E-state index in [2.05, 4.69) is 30.7 Å². The maximum atomic E-state index is 13.3. The summed E-state index contributed by atoms with van der Waals surface area (Å²) in [5.41, 5.74) is 1.54. The molecule has 0 radical (unpaired) electrons. The smallest absolute Gasteiger partial charge is 0.410 e. The van der Waals surface area contributed by atoms with Gasteiger partial charge in [0.05, 0.1) is 0 Å². The molecule has 2 aliphatic heterocycles. The first-order valence-electron chi connectivity index (χ1n) is 14.6. The quantitative estimate of drug-likeness (QED) is 0.327. The second-order valence-electron chi connectivity index (χ2n) is 12.2. The van der Waals surface area contributed by atoms with Gasteiger partial charge in [-0.25, -0.2) is 14.8 Å². The number of piperidine rings is 1. The Hall–Kier alpha value is -2.38. The van der Waals surface area contributed by atoms with Crippen molar-refractivity contribution < 1.29 is 9.53 Å². The lowest BCUT2D eigenvalue weighted by Gasteiger charge is -2.48. The number of nitrogens with zero attached hydrogens (tertiary/aromatic N) is 5. The number of halogens is 2. The molecule has 2 aliphatic rings. The lowest BCUT2D eigenvalue weighted by molar-refractivity contribution is -0.00966. The van der Waals surface area contributed by atoms with Gasteiger partial charge in [0, 0.05) is 65.3 Å². The molecule has 218 valence electrons. The van der Waals surface area contributed by atoms with Gasteiger partial charge in [0.1, 0.15) is 5.60 Å². The maximum Gasteiger partial charge on any atom is 0.410 e. The number of carbonyl (C=O) groups is 1. The minimum absolute atomic E-state index is 0.0451. The van der Waals surface area contributed by atoms with Crippen LogP contribution >= 0.6 is 23.2 Å². The minimum atomic E-state index is -0.543. The summed E-state index contributed by atoms with van der Waals surface area (Å²) in [5, 5.41) is 1.20.